The highest BCUT2D eigenvalue weighted by atomic mass is 19.4. The number of hydrogen-bond donors (Lipinski definition) is 0. The number of imidazole rings is 1. The lowest BCUT2D eigenvalue weighted by atomic mass is 9.72. The van der Waals surface area contributed by atoms with Crippen LogP contribution in [0.2, 0.25) is 0 Å². The molecule has 0 amide bonds. The second kappa shape index (κ2) is 8.97. The molecule has 1 aliphatic carbocycles. The predicted molar refractivity (Wildman–Crippen MR) is 128 cm³/mol. The van der Waals surface area contributed by atoms with Crippen LogP contribution < -0.4 is 5.69 Å². The lowest BCUT2D eigenvalue weighted by molar-refractivity contribution is -0.138. The lowest BCUT2D eigenvalue weighted by Crippen LogP contribution is -2.55. The average Bonchev–Trinajstić information content (AvgIpc) is 3.36. The van der Waals surface area contributed by atoms with Crippen LogP contribution >= 0.6 is 0 Å². The third kappa shape index (κ3) is 4.62. The van der Waals surface area contributed by atoms with Crippen LogP contribution in [0.4, 0.5) is 26.3 Å². The SMILES string of the molecule is Cn1cnnc1C(c1cc(F)cc(-n2cc3c(C(F)(F)F)cc(CN4CC(F)(F)C4)cn3c2=O)c1)C1CCC1. The van der Waals surface area contributed by atoms with Crippen molar-refractivity contribution in [1.82, 2.24) is 28.6 Å². The van der Waals surface area contributed by atoms with Crippen LogP contribution in [0.15, 0.2) is 47.8 Å². The van der Waals surface area contributed by atoms with Crippen molar-refractivity contribution in [3.05, 3.63) is 81.8 Å². The van der Waals surface area contributed by atoms with E-state index in [-0.39, 0.29) is 29.6 Å². The van der Waals surface area contributed by atoms with Crippen molar-refractivity contribution < 1.29 is 26.3 Å². The molecule has 6 rings (SSSR count). The number of halogens is 6. The van der Waals surface area contributed by atoms with Gasteiger partial charge in [0.15, 0.2) is 0 Å². The second-order valence-corrected chi connectivity index (χ2v) is 10.5. The molecular weight excluding hydrogens is 526 g/mol. The minimum atomic E-state index is -4.81. The Bertz CT molecular complexity index is 1610. The molecule has 1 saturated heterocycles. The standard InChI is InChI=1S/C26H24F6N6O/c1-35-14-33-34-23(35)22(16-3-2-4-16)17-6-18(27)8-19(7-17)37-11-21-20(26(30,31)32)5-15(10-38(21)24(37)39)9-36-12-25(28,29)13-36/h5-8,10-11,14,16,22H,2-4,9,12-13H2,1H3. The van der Waals surface area contributed by atoms with E-state index in [1.165, 1.54) is 17.2 Å². The zero-order valence-corrected chi connectivity index (χ0v) is 20.8. The van der Waals surface area contributed by atoms with Crippen LogP contribution in [0, 0.1) is 11.7 Å². The zero-order valence-electron chi connectivity index (χ0n) is 20.8. The van der Waals surface area contributed by atoms with Gasteiger partial charge in [0.25, 0.3) is 5.92 Å². The fourth-order valence-electron chi connectivity index (χ4n) is 5.62. The summed E-state index contributed by atoms with van der Waals surface area (Å²) >= 11 is 0. The van der Waals surface area contributed by atoms with Gasteiger partial charge in [0.2, 0.25) is 0 Å². The highest BCUT2D eigenvalue weighted by Gasteiger charge is 2.44. The monoisotopic (exact) mass is 550 g/mol. The first-order valence-corrected chi connectivity index (χ1v) is 12.5. The van der Waals surface area contributed by atoms with Gasteiger partial charge in [-0.1, -0.05) is 6.42 Å². The number of nitrogens with zero attached hydrogens (tertiary/aromatic N) is 6. The van der Waals surface area contributed by atoms with E-state index in [2.05, 4.69) is 10.2 Å². The summed E-state index contributed by atoms with van der Waals surface area (Å²) in [5.74, 6) is -3.02. The molecule has 7 nitrogen and oxygen atoms in total. The Morgan fingerprint density at radius 1 is 1.10 bits per heavy atom. The number of pyridine rings is 1. The van der Waals surface area contributed by atoms with Gasteiger partial charge in [0, 0.05) is 31.9 Å². The van der Waals surface area contributed by atoms with Gasteiger partial charge in [-0.2, -0.15) is 13.2 Å². The Balaban J connectivity index is 1.45. The van der Waals surface area contributed by atoms with Crippen molar-refractivity contribution in [3.63, 3.8) is 0 Å². The summed E-state index contributed by atoms with van der Waals surface area (Å²) in [5.41, 5.74) is -1.64. The van der Waals surface area contributed by atoms with Crippen LogP contribution in [0.25, 0.3) is 11.2 Å². The van der Waals surface area contributed by atoms with Gasteiger partial charge in [-0.05, 0) is 54.2 Å². The molecular formula is C26H24F6N6O. The number of fused-ring (bicyclic) bond motifs is 1. The van der Waals surface area contributed by atoms with E-state index >= 15 is 0 Å². The van der Waals surface area contributed by atoms with E-state index < -0.39 is 47.8 Å². The van der Waals surface area contributed by atoms with Crippen molar-refractivity contribution in [1.29, 1.82) is 0 Å². The summed E-state index contributed by atoms with van der Waals surface area (Å²) in [5, 5.41) is 8.16. The molecule has 4 heterocycles. The van der Waals surface area contributed by atoms with Crippen molar-refractivity contribution in [2.75, 3.05) is 13.1 Å². The Morgan fingerprint density at radius 2 is 1.85 bits per heavy atom. The smallest absolute Gasteiger partial charge is 0.320 e. The van der Waals surface area contributed by atoms with Gasteiger partial charge in [-0.25, -0.2) is 18.0 Å². The topological polar surface area (TPSA) is 60.4 Å². The largest absolute Gasteiger partial charge is 0.418 e. The molecule has 0 N–H and O–H groups in total. The summed E-state index contributed by atoms with van der Waals surface area (Å²) in [7, 11) is 1.78. The minimum Gasteiger partial charge on any atom is -0.320 e. The zero-order chi connectivity index (χ0) is 27.7. The molecule has 13 heteroatoms. The fraction of sp³-hybridized carbons (Fsp3) is 0.423. The predicted octanol–water partition coefficient (Wildman–Crippen LogP) is 4.76. The van der Waals surface area contributed by atoms with Crippen molar-refractivity contribution in [3.8, 4) is 5.69 Å². The Hall–Kier alpha value is -3.61. The molecule has 2 aliphatic rings. The summed E-state index contributed by atoms with van der Waals surface area (Å²) in [6.07, 6.45) is 1.81. The van der Waals surface area contributed by atoms with Gasteiger partial charge in [0.1, 0.15) is 18.0 Å². The Labute approximate surface area is 218 Å². The summed E-state index contributed by atoms with van der Waals surface area (Å²) in [6.45, 7) is -1.30. The molecule has 4 aromatic rings. The number of alkyl halides is 5. The van der Waals surface area contributed by atoms with Gasteiger partial charge in [-0.15, -0.1) is 10.2 Å². The summed E-state index contributed by atoms with van der Waals surface area (Å²) in [4.78, 5) is 14.7. The third-order valence-corrected chi connectivity index (χ3v) is 7.63. The maximum Gasteiger partial charge on any atom is 0.418 e. The number of hydrogen-bond acceptors (Lipinski definition) is 4. The van der Waals surface area contributed by atoms with Crippen LogP contribution in [-0.2, 0) is 19.8 Å². The summed E-state index contributed by atoms with van der Waals surface area (Å²) in [6, 6.07) is 4.91. The molecule has 206 valence electrons. The number of aromatic nitrogens is 5. The molecule has 0 radical (unpaired) electrons. The molecule has 1 saturated carbocycles. The first kappa shape index (κ1) is 25.7. The number of likely N-dealkylation sites (tertiary alicyclic amines) is 1. The van der Waals surface area contributed by atoms with Gasteiger partial charge in [0.05, 0.1) is 29.9 Å². The van der Waals surface area contributed by atoms with Crippen LogP contribution in [0.5, 0.6) is 0 Å². The molecule has 0 bridgehead atoms. The highest BCUT2D eigenvalue weighted by Crippen LogP contribution is 2.43. The van der Waals surface area contributed by atoms with Gasteiger partial charge < -0.3 is 4.57 Å². The molecule has 1 aliphatic heterocycles. The van der Waals surface area contributed by atoms with Crippen molar-refractivity contribution >= 4 is 5.52 Å². The fourth-order valence-corrected chi connectivity index (χ4v) is 5.62. The molecule has 1 atom stereocenters. The molecule has 3 aromatic heterocycles. The number of aryl methyl sites for hydroxylation is 1. The van der Waals surface area contributed by atoms with Crippen molar-refractivity contribution in [2.45, 2.75) is 43.8 Å². The lowest BCUT2D eigenvalue weighted by Gasteiger charge is -2.38. The normalized spacial score (nSPS) is 18.7. The van der Waals surface area contributed by atoms with E-state index in [0.717, 1.165) is 46.6 Å². The molecule has 2 fully saturated rings. The van der Waals surface area contributed by atoms with Crippen molar-refractivity contribution in [2.24, 2.45) is 13.0 Å². The summed E-state index contributed by atoms with van der Waals surface area (Å²) < 4.78 is 87.1. The molecule has 39 heavy (non-hydrogen) atoms. The highest BCUT2D eigenvalue weighted by molar-refractivity contribution is 5.58. The number of benzene rings is 1. The molecule has 0 spiro atoms. The molecule has 1 aromatic carbocycles. The second-order valence-electron chi connectivity index (χ2n) is 10.5. The van der Waals surface area contributed by atoms with E-state index in [0.29, 0.717) is 11.4 Å². The first-order valence-electron chi connectivity index (χ1n) is 12.5. The van der Waals surface area contributed by atoms with E-state index in [4.69, 9.17) is 0 Å². The molecule has 1 unspecified atom stereocenters. The van der Waals surface area contributed by atoms with E-state index in [1.54, 1.807) is 24.0 Å². The van der Waals surface area contributed by atoms with Crippen LogP contribution in [-0.4, -0.2) is 47.6 Å². The Morgan fingerprint density at radius 3 is 2.44 bits per heavy atom. The van der Waals surface area contributed by atoms with Gasteiger partial charge in [-0.3, -0.25) is 13.9 Å². The van der Waals surface area contributed by atoms with E-state index in [9.17, 15) is 31.1 Å². The van der Waals surface area contributed by atoms with Gasteiger partial charge >= 0.3 is 11.9 Å². The quantitative estimate of drug-likeness (QED) is 0.325. The maximum absolute atomic E-state index is 15.0. The maximum atomic E-state index is 15.0. The number of rotatable bonds is 6. The third-order valence-electron chi connectivity index (χ3n) is 7.63. The van der Waals surface area contributed by atoms with E-state index in [1.807, 2.05) is 0 Å². The van der Waals surface area contributed by atoms with Crippen LogP contribution in [0.3, 0.4) is 0 Å². The average molecular weight is 551 g/mol. The first-order chi connectivity index (χ1) is 18.4. The minimum absolute atomic E-state index is 0.0671. The van der Waals surface area contributed by atoms with Crippen LogP contribution in [0.1, 0.15) is 47.7 Å². The Kier molecular flexibility index (Phi) is 5.90.